The lowest BCUT2D eigenvalue weighted by Crippen LogP contribution is -2.53. The molecule has 5 aliphatic rings. The van der Waals surface area contributed by atoms with Gasteiger partial charge in [-0.25, -0.2) is 8.42 Å². The number of sulfone groups is 1. The van der Waals surface area contributed by atoms with Crippen molar-refractivity contribution in [1.29, 1.82) is 0 Å². The summed E-state index contributed by atoms with van der Waals surface area (Å²) >= 11 is 0. The summed E-state index contributed by atoms with van der Waals surface area (Å²) in [6, 6.07) is 6.85. The van der Waals surface area contributed by atoms with Crippen molar-refractivity contribution in [3.8, 4) is 0 Å². The van der Waals surface area contributed by atoms with E-state index in [1.54, 1.807) is 24.3 Å². The molecule has 4 bridgehead atoms. The molecule has 4 fully saturated rings. The van der Waals surface area contributed by atoms with Gasteiger partial charge in [0.25, 0.3) is 0 Å². The van der Waals surface area contributed by atoms with Crippen molar-refractivity contribution >= 4 is 15.6 Å². The highest BCUT2D eigenvalue weighted by atomic mass is 32.2. The molecule has 24 heavy (non-hydrogen) atoms. The lowest BCUT2D eigenvalue weighted by atomic mass is 9.45. The predicted molar refractivity (Wildman–Crippen MR) is 90.9 cm³/mol. The van der Waals surface area contributed by atoms with Gasteiger partial charge in [-0.3, -0.25) is 4.79 Å². The Kier molecular flexibility index (Phi) is 2.85. The van der Waals surface area contributed by atoms with Gasteiger partial charge < -0.3 is 0 Å². The quantitative estimate of drug-likeness (QED) is 0.824. The first-order chi connectivity index (χ1) is 11.4. The van der Waals surface area contributed by atoms with Gasteiger partial charge in [0, 0.05) is 5.41 Å². The van der Waals surface area contributed by atoms with Crippen LogP contribution in [0.5, 0.6) is 0 Å². The summed E-state index contributed by atoms with van der Waals surface area (Å²) in [5.74, 6) is 1.88. The minimum Gasteiger partial charge on any atom is -0.293 e. The lowest BCUT2D eigenvalue weighted by Gasteiger charge is -2.58. The summed E-state index contributed by atoms with van der Waals surface area (Å²) in [5.41, 5.74) is 0.630. The second kappa shape index (κ2) is 4.60. The Labute approximate surface area is 143 Å². The Hall–Kier alpha value is -1.42. The Bertz CT molecular complexity index is 849. The Balaban J connectivity index is 1.60. The Morgan fingerprint density at radius 3 is 2.25 bits per heavy atom. The van der Waals surface area contributed by atoms with Crippen LogP contribution in [0.3, 0.4) is 0 Å². The molecule has 3 atom stereocenters. The van der Waals surface area contributed by atoms with Crippen molar-refractivity contribution in [2.75, 3.05) is 0 Å². The fraction of sp³-hybridized carbons (Fsp3) is 0.550. The van der Waals surface area contributed by atoms with Crippen LogP contribution in [-0.2, 0) is 14.6 Å². The zero-order chi connectivity index (χ0) is 16.7. The van der Waals surface area contributed by atoms with E-state index in [-0.39, 0.29) is 26.9 Å². The van der Waals surface area contributed by atoms with E-state index in [1.807, 2.05) is 13.0 Å². The van der Waals surface area contributed by atoms with Crippen LogP contribution >= 0.6 is 0 Å². The van der Waals surface area contributed by atoms with E-state index in [9.17, 15) is 13.2 Å². The molecule has 4 saturated carbocycles. The molecule has 4 heteroatoms. The normalized spacial score (nSPS) is 39.9. The molecular formula is C20H22O3S. The molecule has 0 aromatic heterocycles. The number of aryl methyl sites for hydroxylation is 1. The van der Waals surface area contributed by atoms with E-state index in [1.165, 1.54) is 19.3 Å². The standard InChI is InChI=1S/C20H22O3S/c1-12-2-4-16(5-3-12)24(22,23)18-9-17-15-7-13-6-14(8-15)11-20(17,10-13)19(18)21/h2-5,9,13-15,17H,6-8,10-11H2,1H3. The van der Waals surface area contributed by atoms with E-state index in [0.717, 1.165) is 18.4 Å². The fourth-order valence-corrected chi connectivity index (χ4v) is 7.77. The maximum atomic E-state index is 13.3. The number of Topliss-reactive ketones (excluding diaryl/α,β-unsaturated/α-hetero) is 1. The monoisotopic (exact) mass is 342 g/mol. The smallest absolute Gasteiger partial charge is 0.209 e. The van der Waals surface area contributed by atoms with Gasteiger partial charge in [0.1, 0.15) is 4.91 Å². The molecule has 0 N–H and O–H groups in total. The molecule has 5 aliphatic carbocycles. The van der Waals surface area contributed by atoms with Gasteiger partial charge in [0.15, 0.2) is 5.78 Å². The van der Waals surface area contributed by atoms with E-state index in [4.69, 9.17) is 0 Å². The van der Waals surface area contributed by atoms with Crippen LogP contribution in [0.4, 0.5) is 0 Å². The Morgan fingerprint density at radius 2 is 1.62 bits per heavy atom. The van der Waals surface area contributed by atoms with Crippen LogP contribution in [0.25, 0.3) is 0 Å². The number of ketones is 1. The van der Waals surface area contributed by atoms with Gasteiger partial charge in [-0.15, -0.1) is 0 Å². The molecule has 1 aromatic rings. The highest BCUT2D eigenvalue weighted by Crippen LogP contribution is 2.66. The molecule has 0 aliphatic heterocycles. The van der Waals surface area contributed by atoms with E-state index in [2.05, 4.69) is 0 Å². The SMILES string of the molecule is Cc1ccc(S(=O)(=O)C2=CC3C4CC5CC(C4)CC3(C5)C2=O)cc1. The number of carbonyl (C=O) groups is 1. The van der Waals surface area contributed by atoms with Crippen LogP contribution in [-0.4, -0.2) is 14.2 Å². The minimum absolute atomic E-state index is 0.0767. The lowest BCUT2D eigenvalue weighted by molar-refractivity contribution is -0.143. The third-order valence-electron chi connectivity index (χ3n) is 7.02. The summed E-state index contributed by atoms with van der Waals surface area (Å²) in [5, 5.41) is 0. The van der Waals surface area contributed by atoms with Crippen molar-refractivity contribution in [1.82, 2.24) is 0 Å². The van der Waals surface area contributed by atoms with Crippen molar-refractivity contribution in [3.05, 3.63) is 40.8 Å². The van der Waals surface area contributed by atoms with Crippen molar-refractivity contribution in [3.63, 3.8) is 0 Å². The van der Waals surface area contributed by atoms with E-state index < -0.39 is 9.84 Å². The molecule has 0 heterocycles. The number of hydrogen-bond acceptors (Lipinski definition) is 3. The zero-order valence-electron chi connectivity index (χ0n) is 13.9. The summed E-state index contributed by atoms with van der Waals surface area (Å²) in [6.07, 6.45) is 7.28. The van der Waals surface area contributed by atoms with E-state index >= 15 is 0 Å². The number of carbonyl (C=O) groups excluding carboxylic acids is 1. The van der Waals surface area contributed by atoms with Crippen LogP contribution in [0.15, 0.2) is 40.1 Å². The van der Waals surface area contributed by atoms with Gasteiger partial charge >= 0.3 is 0 Å². The van der Waals surface area contributed by atoms with Gasteiger partial charge in [0.05, 0.1) is 4.90 Å². The van der Waals surface area contributed by atoms with Gasteiger partial charge in [0.2, 0.25) is 9.84 Å². The largest absolute Gasteiger partial charge is 0.293 e. The maximum Gasteiger partial charge on any atom is 0.209 e. The third kappa shape index (κ3) is 1.78. The highest BCUT2D eigenvalue weighted by molar-refractivity contribution is 7.96. The number of allylic oxidation sites excluding steroid dienone is 2. The van der Waals surface area contributed by atoms with Crippen LogP contribution in [0.1, 0.15) is 37.7 Å². The number of rotatable bonds is 2. The third-order valence-corrected chi connectivity index (χ3v) is 8.81. The van der Waals surface area contributed by atoms with Crippen molar-refractivity contribution < 1.29 is 13.2 Å². The summed E-state index contributed by atoms with van der Waals surface area (Å²) in [4.78, 5) is 13.6. The average Bonchev–Trinajstić information content (AvgIpc) is 2.81. The highest BCUT2D eigenvalue weighted by Gasteiger charge is 2.64. The molecule has 0 radical (unpaired) electrons. The minimum atomic E-state index is -3.70. The zero-order valence-corrected chi connectivity index (χ0v) is 14.7. The van der Waals surface area contributed by atoms with E-state index in [0.29, 0.717) is 17.8 Å². The average molecular weight is 342 g/mol. The van der Waals surface area contributed by atoms with Crippen molar-refractivity contribution in [2.45, 2.75) is 43.9 Å². The maximum absolute atomic E-state index is 13.3. The fourth-order valence-electron chi connectivity index (χ4n) is 6.25. The molecule has 1 aromatic carbocycles. The number of benzene rings is 1. The topological polar surface area (TPSA) is 51.2 Å². The Morgan fingerprint density at radius 1 is 1.00 bits per heavy atom. The van der Waals surface area contributed by atoms with Crippen molar-refractivity contribution in [2.24, 2.45) is 29.1 Å². The summed E-state index contributed by atoms with van der Waals surface area (Å²) in [6.45, 7) is 1.93. The molecular weight excluding hydrogens is 320 g/mol. The van der Waals surface area contributed by atoms with Gasteiger partial charge in [-0.1, -0.05) is 23.8 Å². The molecule has 1 spiro atoms. The first kappa shape index (κ1) is 14.9. The molecule has 3 unspecified atom stereocenters. The van der Waals surface area contributed by atoms with Gasteiger partial charge in [-0.2, -0.15) is 0 Å². The van der Waals surface area contributed by atoms with Crippen LogP contribution in [0.2, 0.25) is 0 Å². The summed E-state index contributed by atoms with van der Waals surface area (Å²) in [7, 11) is -3.70. The van der Waals surface area contributed by atoms with Crippen LogP contribution < -0.4 is 0 Å². The first-order valence-electron chi connectivity index (χ1n) is 8.98. The molecule has 6 rings (SSSR count). The molecule has 3 nitrogen and oxygen atoms in total. The molecule has 0 amide bonds. The number of hydrogen-bond donors (Lipinski definition) is 0. The first-order valence-corrected chi connectivity index (χ1v) is 10.5. The van der Waals surface area contributed by atoms with Gasteiger partial charge in [-0.05, 0) is 74.8 Å². The molecule has 0 saturated heterocycles. The second-order valence-corrected chi connectivity index (χ2v) is 10.4. The second-order valence-electron chi connectivity index (χ2n) is 8.47. The predicted octanol–water partition coefficient (Wildman–Crippen LogP) is 3.68. The summed E-state index contributed by atoms with van der Waals surface area (Å²) < 4.78 is 26.2. The molecule has 126 valence electrons. The van der Waals surface area contributed by atoms with Crippen LogP contribution in [0, 0.1) is 36.0 Å².